The largest absolute Gasteiger partial charge is 0.352 e. The predicted molar refractivity (Wildman–Crippen MR) is 167 cm³/mol. The smallest absolute Gasteiger partial charge is 0.244 e. The van der Waals surface area contributed by atoms with Crippen LogP contribution in [0, 0.1) is 6.92 Å². The van der Waals surface area contributed by atoms with Crippen LogP contribution in [0.25, 0.3) is 0 Å². The Morgan fingerprint density at radius 3 is 2.20 bits per heavy atom. The first kappa shape index (κ1) is 32.7. The first-order chi connectivity index (χ1) is 19.3. The number of hydrogen-bond acceptors (Lipinski definition) is 4. The van der Waals surface area contributed by atoms with E-state index in [0.29, 0.717) is 38.3 Å². The van der Waals surface area contributed by atoms with Crippen LogP contribution in [0.3, 0.4) is 0 Å². The standard InChI is InChI=1S/C30H34Cl3N3O4S/c1-5-21(3)34-30(38)28(17-22-9-7-6-8-10-22)35(18-23-11-13-25(32)26(33)16-23)29(37)19-36(41(4,39)40)27-14-12-24(31)15-20(27)2/h6-16,21,28H,5,17-19H2,1-4H3,(H,34,38)/t21-,28-/m1/s1. The first-order valence-corrected chi connectivity index (χ1v) is 16.1. The zero-order chi connectivity index (χ0) is 30.3. The van der Waals surface area contributed by atoms with Gasteiger partial charge in [0.25, 0.3) is 0 Å². The number of nitrogens with one attached hydrogen (secondary N) is 1. The summed E-state index contributed by atoms with van der Waals surface area (Å²) in [4.78, 5) is 29.3. The maximum absolute atomic E-state index is 14.2. The number of halogens is 3. The van der Waals surface area contributed by atoms with Crippen molar-refractivity contribution in [2.75, 3.05) is 17.1 Å². The van der Waals surface area contributed by atoms with E-state index in [2.05, 4.69) is 5.32 Å². The molecule has 0 saturated carbocycles. The van der Waals surface area contributed by atoms with Gasteiger partial charge in [0, 0.05) is 24.0 Å². The van der Waals surface area contributed by atoms with E-state index in [0.717, 1.165) is 16.1 Å². The first-order valence-electron chi connectivity index (χ1n) is 13.1. The second kappa shape index (κ2) is 14.4. The number of aryl methyl sites for hydroxylation is 1. The van der Waals surface area contributed by atoms with Crippen molar-refractivity contribution >= 4 is 62.3 Å². The summed E-state index contributed by atoms with van der Waals surface area (Å²) in [6.45, 7) is 5.03. The van der Waals surface area contributed by atoms with Crippen molar-refractivity contribution in [3.05, 3.63) is 98.5 Å². The van der Waals surface area contributed by atoms with Gasteiger partial charge in [-0.05, 0) is 67.3 Å². The number of rotatable bonds is 12. The third-order valence-corrected chi connectivity index (χ3v) is 8.82. The molecule has 1 N–H and O–H groups in total. The number of carbonyl (C=O) groups excluding carboxylic acids is 2. The minimum atomic E-state index is -3.89. The van der Waals surface area contributed by atoms with E-state index in [9.17, 15) is 18.0 Å². The van der Waals surface area contributed by atoms with E-state index in [1.165, 1.54) is 4.90 Å². The molecule has 0 aliphatic heterocycles. The van der Waals surface area contributed by atoms with Crippen LogP contribution in [0.1, 0.15) is 37.0 Å². The molecule has 0 radical (unpaired) electrons. The van der Waals surface area contributed by atoms with Crippen molar-refractivity contribution in [3.63, 3.8) is 0 Å². The fraction of sp³-hybridized carbons (Fsp3) is 0.333. The van der Waals surface area contributed by atoms with Gasteiger partial charge in [0.2, 0.25) is 21.8 Å². The van der Waals surface area contributed by atoms with Gasteiger partial charge in [-0.25, -0.2) is 8.42 Å². The molecule has 0 spiro atoms. The number of carbonyl (C=O) groups is 2. The molecule has 3 rings (SSSR count). The van der Waals surface area contributed by atoms with Crippen LogP contribution in [-0.2, 0) is 32.6 Å². The molecule has 2 atom stereocenters. The van der Waals surface area contributed by atoms with Crippen molar-refractivity contribution in [2.45, 2.75) is 52.2 Å². The molecule has 0 bridgehead atoms. The Hall–Kier alpha value is -2.78. The van der Waals surface area contributed by atoms with Crippen molar-refractivity contribution in [1.29, 1.82) is 0 Å². The minimum Gasteiger partial charge on any atom is -0.352 e. The van der Waals surface area contributed by atoms with Crippen LogP contribution in [0.2, 0.25) is 15.1 Å². The van der Waals surface area contributed by atoms with Crippen LogP contribution in [-0.4, -0.2) is 50.0 Å². The van der Waals surface area contributed by atoms with Gasteiger partial charge in [0.05, 0.1) is 22.0 Å². The van der Waals surface area contributed by atoms with Gasteiger partial charge >= 0.3 is 0 Å². The molecule has 0 aromatic heterocycles. The molecule has 7 nitrogen and oxygen atoms in total. The molecule has 0 aliphatic carbocycles. The molecule has 0 fully saturated rings. The summed E-state index contributed by atoms with van der Waals surface area (Å²) < 4.78 is 27.0. The summed E-state index contributed by atoms with van der Waals surface area (Å²) in [6.07, 6.45) is 1.95. The average molecular weight is 639 g/mol. The van der Waals surface area contributed by atoms with Gasteiger partial charge in [-0.2, -0.15) is 0 Å². The van der Waals surface area contributed by atoms with E-state index < -0.39 is 28.5 Å². The summed E-state index contributed by atoms with van der Waals surface area (Å²) >= 11 is 18.5. The lowest BCUT2D eigenvalue weighted by Gasteiger charge is -2.34. The number of amides is 2. The summed E-state index contributed by atoms with van der Waals surface area (Å²) in [5, 5.41) is 4.09. The summed E-state index contributed by atoms with van der Waals surface area (Å²) in [6, 6.07) is 18.0. The molecule has 41 heavy (non-hydrogen) atoms. The van der Waals surface area contributed by atoms with Gasteiger partial charge in [-0.3, -0.25) is 13.9 Å². The topological polar surface area (TPSA) is 86.8 Å². The van der Waals surface area contributed by atoms with Crippen LogP contribution < -0.4 is 9.62 Å². The van der Waals surface area contributed by atoms with Crippen molar-refractivity contribution < 1.29 is 18.0 Å². The summed E-state index contributed by atoms with van der Waals surface area (Å²) in [5.74, 6) is -0.902. The Bertz CT molecular complexity index is 1490. The van der Waals surface area contributed by atoms with E-state index in [1.54, 1.807) is 43.3 Å². The minimum absolute atomic E-state index is 0.00164. The van der Waals surface area contributed by atoms with Crippen LogP contribution >= 0.6 is 34.8 Å². The maximum atomic E-state index is 14.2. The Labute approximate surface area is 257 Å². The number of benzene rings is 3. The van der Waals surface area contributed by atoms with Crippen molar-refractivity contribution in [1.82, 2.24) is 10.2 Å². The van der Waals surface area contributed by atoms with Gasteiger partial charge < -0.3 is 10.2 Å². The molecule has 220 valence electrons. The molecule has 0 aliphatic rings. The molecule has 0 saturated heterocycles. The highest BCUT2D eigenvalue weighted by molar-refractivity contribution is 7.92. The molecule has 3 aromatic rings. The molecular weight excluding hydrogens is 605 g/mol. The van der Waals surface area contributed by atoms with E-state index in [1.807, 2.05) is 44.2 Å². The number of nitrogens with zero attached hydrogens (tertiary/aromatic N) is 2. The maximum Gasteiger partial charge on any atom is 0.244 e. The highest BCUT2D eigenvalue weighted by Gasteiger charge is 2.33. The van der Waals surface area contributed by atoms with Crippen LogP contribution in [0.4, 0.5) is 5.69 Å². The van der Waals surface area contributed by atoms with Gasteiger partial charge in [0.15, 0.2) is 0 Å². The lowest BCUT2D eigenvalue weighted by atomic mass is 10.0. The Balaban J connectivity index is 2.10. The van der Waals surface area contributed by atoms with E-state index >= 15 is 0 Å². The lowest BCUT2D eigenvalue weighted by molar-refractivity contribution is -0.140. The molecule has 11 heteroatoms. The molecular formula is C30H34Cl3N3O4S. The van der Waals surface area contributed by atoms with Gasteiger partial charge in [-0.15, -0.1) is 0 Å². The highest BCUT2D eigenvalue weighted by Crippen LogP contribution is 2.27. The molecule has 2 amide bonds. The lowest BCUT2D eigenvalue weighted by Crippen LogP contribution is -2.54. The zero-order valence-electron chi connectivity index (χ0n) is 23.4. The zero-order valence-corrected chi connectivity index (χ0v) is 26.5. The summed E-state index contributed by atoms with van der Waals surface area (Å²) in [7, 11) is -3.89. The Morgan fingerprint density at radius 2 is 1.61 bits per heavy atom. The summed E-state index contributed by atoms with van der Waals surface area (Å²) in [5.41, 5.74) is 2.39. The van der Waals surface area contributed by atoms with E-state index in [4.69, 9.17) is 34.8 Å². The second-order valence-electron chi connectivity index (χ2n) is 9.99. The Kier molecular flexibility index (Phi) is 11.5. The third kappa shape index (κ3) is 9.10. The SMILES string of the molecule is CC[C@@H](C)NC(=O)[C@@H](Cc1ccccc1)N(Cc1ccc(Cl)c(Cl)c1)C(=O)CN(c1ccc(Cl)cc1C)S(C)(=O)=O. The number of anilines is 1. The van der Waals surface area contributed by atoms with E-state index in [-0.39, 0.29) is 24.9 Å². The van der Waals surface area contributed by atoms with Crippen molar-refractivity contribution in [3.8, 4) is 0 Å². The molecule has 0 unspecified atom stereocenters. The Morgan fingerprint density at radius 1 is 0.927 bits per heavy atom. The van der Waals surface area contributed by atoms with Crippen LogP contribution in [0.5, 0.6) is 0 Å². The quantitative estimate of drug-likeness (QED) is 0.253. The fourth-order valence-electron chi connectivity index (χ4n) is 4.32. The monoisotopic (exact) mass is 637 g/mol. The number of hydrogen-bond donors (Lipinski definition) is 1. The third-order valence-electron chi connectivity index (χ3n) is 6.72. The van der Waals surface area contributed by atoms with Crippen molar-refractivity contribution in [2.24, 2.45) is 0 Å². The molecule has 3 aromatic carbocycles. The average Bonchev–Trinajstić information content (AvgIpc) is 2.91. The highest BCUT2D eigenvalue weighted by atomic mass is 35.5. The van der Waals surface area contributed by atoms with Gasteiger partial charge in [0.1, 0.15) is 12.6 Å². The van der Waals surface area contributed by atoms with Gasteiger partial charge in [-0.1, -0.05) is 78.1 Å². The second-order valence-corrected chi connectivity index (χ2v) is 13.2. The predicted octanol–water partition coefficient (Wildman–Crippen LogP) is 6.28. The fourth-order valence-corrected chi connectivity index (χ4v) is 5.78. The number of sulfonamides is 1. The normalized spacial score (nSPS) is 12.9. The molecule has 0 heterocycles. The van der Waals surface area contributed by atoms with Crippen LogP contribution in [0.15, 0.2) is 66.7 Å².